The molecule has 1 aliphatic rings. The van der Waals surface area contributed by atoms with Crippen LogP contribution >= 0.6 is 0 Å². The zero-order valence-electron chi connectivity index (χ0n) is 13.3. The molecule has 23 heavy (non-hydrogen) atoms. The number of amides is 1. The van der Waals surface area contributed by atoms with Gasteiger partial charge in [-0.15, -0.1) is 5.10 Å². The molecule has 2 aromatic carbocycles. The first-order valence-electron chi connectivity index (χ1n) is 7.49. The van der Waals surface area contributed by atoms with Crippen molar-refractivity contribution in [2.75, 3.05) is 14.1 Å². The van der Waals surface area contributed by atoms with E-state index < -0.39 is 0 Å². The SMILES string of the molecule is Cc1cc(-n2nnc3ccccc32)cc2c1C(=O)N(N(C)C)C2. The van der Waals surface area contributed by atoms with Crippen LogP contribution in [0.4, 0.5) is 0 Å². The van der Waals surface area contributed by atoms with Crippen molar-refractivity contribution < 1.29 is 4.79 Å². The summed E-state index contributed by atoms with van der Waals surface area (Å²) in [7, 11) is 3.76. The van der Waals surface area contributed by atoms with Crippen molar-refractivity contribution in [3.05, 3.63) is 53.1 Å². The fourth-order valence-corrected chi connectivity index (χ4v) is 3.14. The minimum atomic E-state index is 0.0532. The molecular weight excluding hydrogens is 290 g/mol. The molecule has 0 unspecified atom stereocenters. The second kappa shape index (κ2) is 4.89. The number of rotatable bonds is 2. The molecule has 0 saturated heterocycles. The number of para-hydroxylation sites is 1. The lowest BCUT2D eigenvalue weighted by molar-refractivity contribution is 0.0223. The van der Waals surface area contributed by atoms with Crippen LogP contribution in [0.5, 0.6) is 0 Å². The van der Waals surface area contributed by atoms with E-state index in [0.29, 0.717) is 6.54 Å². The van der Waals surface area contributed by atoms with Gasteiger partial charge in [0.1, 0.15) is 5.52 Å². The van der Waals surface area contributed by atoms with Crippen LogP contribution in [-0.2, 0) is 6.54 Å². The first kappa shape index (κ1) is 13.9. The maximum absolute atomic E-state index is 12.5. The van der Waals surface area contributed by atoms with E-state index in [1.165, 1.54) is 0 Å². The number of carbonyl (C=O) groups excluding carboxylic acids is 1. The minimum absolute atomic E-state index is 0.0532. The standard InChI is InChI=1S/C17H17N5O/c1-11-8-13(22-15-7-5-4-6-14(15)18-19-22)9-12-10-21(20(2)3)17(23)16(11)12/h4-9H,10H2,1-3H3. The molecular formula is C17H17N5O. The molecule has 0 aliphatic carbocycles. The van der Waals surface area contributed by atoms with Crippen molar-refractivity contribution in [1.82, 2.24) is 25.0 Å². The number of hydrogen-bond acceptors (Lipinski definition) is 4. The number of aromatic nitrogens is 3. The molecule has 2 heterocycles. The third-order valence-corrected chi connectivity index (χ3v) is 4.25. The van der Waals surface area contributed by atoms with Crippen molar-refractivity contribution in [1.29, 1.82) is 0 Å². The highest BCUT2D eigenvalue weighted by molar-refractivity contribution is 5.99. The predicted molar refractivity (Wildman–Crippen MR) is 87.2 cm³/mol. The fourth-order valence-electron chi connectivity index (χ4n) is 3.14. The van der Waals surface area contributed by atoms with Gasteiger partial charge in [0.15, 0.2) is 0 Å². The van der Waals surface area contributed by atoms with E-state index in [1.54, 1.807) is 5.01 Å². The monoisotopic (exact) mass is 307 g/mol. The van der Waals surface area contributed by atoms with Gasteiger partial charge < -0.3 is 0 Å². The summed E-state index contributed by atoms with van der Waals surface area (Å²) >= 11 is 0. The van der Waals surface area contributed by atoms with Crippen LogP contribution in [0.2, 0.25) is 0 Å². The lowest BCUT2D eigenvalue weighted by Crippen LogP contribution is -2.36. The van der Waals surface area contributed by atoms with Gasteiger partial charge in [0, 0.05) is 19.7 Å². The summed E-state index contributed by atoms with van der Waals surface area (Å²) in [5.74, 6) is 0.0532. The third-order valence-electron chi connectivity index (χ3n) is 4.25. The van der Waals surface area contributed by atoms with Crippen LogP contribution in [0.25, 0.3) is 16.7 Å². The van der Waals surface area contributed by atoms with Crippen LogP contribution in [0.1, 0.15) is 21.5 Å². The number of hydrogen-bond donors (Lipinski definition) is 0. The summed E-state index contributed by atoms with van der Waals surface area (Å²) in [4.78, 5) is 12.5. The molecule has 0 atom stereocenters. The topological polar surface area (TPSA) is 54.3 Å². The zero-order valence-corrected chi connectivity index (χ0v) is 13.3. The van der Waals surface area contributed by atoms with Crippen molar-refractivity contribution in [3.63, 3.8) is 0 Å². The Labute approximate surface area is 133 Å². The molecule has 6 heteroatoms. The summed E-state index contributed by atoms with van der Waals surface area (Å²) in [6.45, 7) is 2.56. The molecule has 1 aromatic heterocycles. The van der Waals surface area contributed by atoms with Gasteiger partial charge in [0.25, 0.3) is 5.91 Å². The van der Waals surface area contributed by atoms with Crippen LogP contribution < -0.4 is 0 Å². The molecule has 1 amide bonds. The lowest BCUT2D eigenvalue weighted by atomic mass is 10.0. The molecule has 0 fully saturated rings. The van der Waals surface area contributed by atoms with Crippen LogP contribution in [0.3, 0.4) is 0 Å². The van der Waals surface area contributed by atoms with E-state index in [4.69, 9.17) is 0 Å². The number of aryl methyl sites for hydroxylation is 1. The molecule has 0 radical (unpaired) electrons. The normalized spacial score (nSPS) is 14.1. The molecule has 0 bridgehead atoms. The largest absolute Gasteiger partial charge is 0.269 e. The van der Waals surface area contributed by atoms with Crippen LogP contribution in [0, 0.1) is 6.92 Å². The molecule has 0 saturated carbocycles. The number of fused-ring (bicyclic) bond motifs is 2. The molecule has 116 valence electrons. The van der Waals surface area contributed by atoms with Gasteiger partial charge in [0.2, 0.25) is 0 Å². The van der Waals surface area contributed by atoms with Gasteiger partial charge in [-0.25, -0.2) is 9.69 Å². The van der Waals surface area contributed by atoms with Crippen LogP contribution in [0.15, 0.2) is 36.4 Å². The molecule has 3 aromatic rings. The number of nitrogens with zero attached hydrogens (tertiary/aromatic N) is 5. The second-order valence-electron chi connectivity index (χ2n) is 6.00. The van der Waals surface area contributed by atoms with Gasteiger partial charge in [0.05, 0.1) is 17.7 Å². The highest BCUT2D eigenvalue weighted by Crippen LogP contribution is 2.29. The quantitative estimate of drug-likeness (QED) is 0.728. The van der Waals surface area contributed by atoms with E-state index in [9.17, 15) is 4.79 Å². The number of hydrazine groups is 1. The summed E-state index contributed by atoms with van der Waals surface area (Å²) in [5, 5.41) is 12.0. The summed E-state index contributed by atoms with van der Waals surface area (Å²) in [6, 6.07) is 11.9. The summed E-state index contributed by atoms with van der Waals surface area (Å²) < 4.78 is 1.82. The Morgan fingerprint density at radius 3 is 2.74 bits per heavy atom. The Balaban J connectivity index is 1.86. The number of benzene rings is 2. The smallest absolute Gasteiger partial charge is 0.268 e. The van der Waals surface area contributed by atoms with Gasteiger partial charge in [-0.2, -0.15) is 0 Å². The molecule has 0 N–H and O–H groups in total. The van der Waals surface area contributed by atoms with Crippen molar-refractivity contribution in [2.45, 2.75) is 13.5 Å². The van der Waals surface area contributed by atoms with E-state index in [-0.39, 0.29) is 5.91 Å². The first-order valence-corrected chi connectivity index (χ1v) is 7.49. The van der Waals surface area contributed by atoms with Crippen molar-refractivity contribution in [2.24, 2.45) is 0 Å². The Morgan fingerprint density at radius 1 is 1.17 bits per heavy atom. The minimum Gasteiger partial charge on any atom is -0.268 e. The highest BCUT2D eigenvalue weighted by atomic mass is 16.2. The first-order chi connectivity index (χ1) is 11.1. The maximum atomic E-state index is 12.5. The van der Waals surface area contributed by atoms with Gasteiger partial charge in [-0.3, -0.25) is 9.80 Å². The lowest BCUT2D eigenvalue weighted by Gasteiger charge is -2.23. The third kappa shape index (κ3) is 2.03. The highest BCUT2D eigenvalue weighted by Gasteiger charge is 2.31. The average Bonchev–Trinajstić information content (AvgIpc) is 3.09. The molecule has 1 aliphatic heterocycles. The van der Waals surface area contributed by atoms with Crippen molar-refractivity contribution >= 4 is 16.9 Å². The fraction of sp³-hybridized carbons (Fsp3) is 0.235. The van der Waals surface area contributed by atoms with Gasteiger partial charge >= 0.3 is 0 Å². The summed E-state index contributed by atoms with van der Waals surface area (Å²) in [6.07, 6.45) is 0. The zero-order chi connectivity index (χ0) is 16.1. The van der Waals surface area contributed by atoms with E-state index in [2.05, 4.69) is 10.3 Å². The Hall–Kier alpha value is -2.73. The van der Waals surface area contributed by atoms with Crippen LogP contribution in [-0.4, -0.2) is 45.0 Å². The van der Waals surface area contributed by atoms with E-state index in [1.807, 2.05) is 67.1 Å². The Kier molecular flexibility index (Phi) is 2.96. The molecule has 0 spiro atoms. The van der Waals surface area contributed by atoms with E-state index >= 15 is 0 Å². The Bertz CT molecular complexity index is 928. The van der Waals surface area contributed by atoms with Gasteiger partial charge in [-0.05, 0) is 42.3 Å². The maximum Gasteiger partial charge on any atom is 0.269 e. The summed E-state index contributed by atoms with van der Waals surface area (Å²) in [5.41, 5.74) is 5.54. The molecule has 6 nitrogen and oxygen atoms in total. The average molecular weight is 307 g/mol. The molecule has 4 rings (SSSR count). The Morgan fingerprint density at radius 2 is 1.96 bits per heavy atom. The van der Waals surface area contributed by atoms with Gasteiger partial charge in [-0.1, -0.05) is 17.3 Å². The van der Waals surface area contributed by atoms with E-state index in [0.717, 1.165) is 33.4 Å². The number of carbonyl (C=O) groups is 1. The second-order valence-corrected chi connectivity index (χ2v) is 6.00. The predicted octanol–water partition coefficient (Wildman–Crippen LogP) is 2.16. The van der Waals surface area contributed by atoms with Crippen molar-refractivity contribution in [3.8, 4) is 5.69 Å².